The molecular weight excluding hydrogens is 1610 g/mol. The largest absolute Gasteiger partial charge is 0.494 e. The van der Waals surface area contributed by atoms with Crippen LogP contribution in [0.4, 0.5) is 22.7 Å². The normalized spacial score (nSPS) is 12.2. The average Bonchev–Trinajstić information content (AvgIpc) is 0.775. The molecule has 0 saturated heterocycles. The van der Waals surface area contributed by atoms with E-state index in [1.165, 1.54) is 72.4 Å². The first kappa shape index (κ1) is 82.1. The maximum atomic E-state index is 12.9. The van der Waals surface area contributed by atoms with Crippen molar-refractivity contribution in [2.45, 2.75) is 74.3 Å². The fraction of sp³-hybridized carbons (Fsp3) is 0.0952. The quantitative estimate of drug-likeness (QED) is 0.0729. The van der Waals surface area contributed by atoms with Crippen molar-refractivity contribution in [1.29, 1.82) is 0 Å². The first-order valence-electron chi connectivity index (χ1n) is 39.9. The number of ether oxygens (including phenoxy) is 1. The summed E-state index contributed by atoms with van der Waals surface area (Å²) >= 11 is 1.74. The number of aromatic carboxylic acids is 1. The minimum absolute atomic E-state index is 0.121. The number of thioether (sulfide) groups is 1. The molecule has 0 saturated carbocycles. The van der Waals surface area contributed by atoms with E-state index in [0.29, 0.717) is 17.7 Å². The molecule has 15 aromatic carbocycles. The Balaban J connectivity index is 0.000000112. The van der Waals surface area contributed by atoms with Gasteiger partial charge in [-0.05, 0) is 249 Å². The maximum absolute atomic E-state index is 12.9. The molecule has 0 radical (unpaired) electrons. The standard InChI is InChI=1S/C23H21OS.C21H18N2OS.C21H17O2S.C20H15NO2S.C20H15OS2/c1-23(2,3)16-12-14-17(15-13-16)25-20-10-6-4-8-18(20)22(24)19-9-5-7-11-21(19)25;1-2-23-17-7-3-5-9-19(17)25(20-10-6-4-8-18(20)23)16-13-11-15(12-14-16)21(22)24;1-2-23-15-11-13-16(14-12-15)24-19-9-5-3-7-17(19)21(22)18-8-4-6-10-20(18)24;1-21-16-6-2-4-8-18(16)24(19-9-5-3-7-17(19)21)15-12-10-14(11-13-15)20(22)23;1-22-14-10-12-15(13-11-14)23-18-8-4-2-6-16(18)20(21)17-7-3-5-9-19(17)23/h4-15H,1-3H3;3-14H,2H2,1H3,(H-,22,24);3-14H,2H2,1H3;2-13H,1H3;2-13H,1H3/q+1;;+1;;+1/p+2. The number of anilines is 4. The smallest absolute Gasteiger partial charge is 0.335 e. The van der Waals surface area contributed by atoms with Gasteiger partial charge in [-0.15, -0.1) is 11.8 Å². The number of fused-ring (bicyclic) bond motifs is 10. The predicted octanol–water partition coefficient (Wildman–Crippen LogP) is 26.6. The topological polar surface area (TPSA) is 147 Å². The molecule has 0 fully saturated rings. The molecule has 5 heterocycles. The van der Waals surface area contributed by atoms with E-state index in [-0.39, 0.29) is 74.9 Å². The molecule has 0 spiro atoms. The molecule has 0 unspecified atom stereocenters. The number of nitrogens with two attached hydrogens (primary N) is 1. The van der Waals surface area contributed by atoms with Crippen molar-refractivity contribution < 1.29 is 19.4 Å². The monoisotopic (exact) mass is 1690 g/mol. The maximum Gasteiger partial charge on any atom is 0.335 e. The zero-order valence-corrected chi connectivity index (χ0v) is 72.8. The van der Waals surface area contributed by atoms with Crippen molar-refractivity contribution in [2.75, 3.05) is 36.3 Å². The molecule has 2 aliphatic heterocycles. The highest BCUT2D eigenvalue weighted by molar-refractivity contribution is 7.98. The zero-order valence-electron chi connectivity index (χ0n) is 67.9. The van der Waals surface area contributed by atoms with E-state index in [4.69, 9.17) is 15.6 Å². The number of nitrogens with zero attached hydrogens (tertiary/aromatic N) is 2. The van der Waals surface area contributed by atoms with Gasteiger partial charge in [0.05, 0.1) is 67.2 Å². The van der Waals surface area contributed by atoms with Crippen molar-refractivity contribution >= 4 is 160 Å². The Hall–Kier alpha value is -12.6. The second-order valence-corrected chi connectivity index (χ2v) is 40.4. The highest BCUT2D eigenvalue weighted by Gasteiger charge is 2.42. The number of amides is 1. The van der Waals surface area contributed by atoms with Crippen LogP contribution in [0.1, 0.15) is 60.9 Å². The van der Waals surface area contributed by atoms with Crippen LogP contribution in [0.15, 0.2) is 413 Å². The second kappa shape index (κ2) is 36.1. The Morgan fingerprint density at radius 3 is 0.950 bits per heavy atom. The van der Waals surface area contributed by atoms with Crippen molar-refractivity contribution in [3.8, 4) is 20.4 Å². The lowest BCUT2D eigenvalue weighted by molar-refractivity contribution is 0.0696. The summed E-state index contributed by atoms with van der Waals surface area (Å²) in [6.45, 7) is 12.4. The minimum atomic E-state index is -0.894. The van der Waals surface area contributed by atoms with Crippen LogP contribution in [0.25, 0.3) is 75.2 Å². The summed E-state index contributed by atoms with van der Waals surface area (Å²) in [4.78, 5) is 78.0. The third kappa shape index (κ3) is 16.5. The van der Waals surface area contributed by atoms with Gasteiger partial charge in [0, 0.05) is 67.6 Å². The van der Waals surface area contributed by atoms with Crippen LogP contribution in [-0.4, -0.2) is 43.4 Å². The van der Waals surface area contributed by atoms with E-state index in [1.54, 1.807) is 23.9 Å². The molecule has 121 heavy (non-hydrogen) atoms. The van der Waals surface area contributed by atoms with Crippen molar-refractivity contribution in [1.82, 2.24) is 0 Å². The third-order valence-electron chi connectivity index (χ3n) is 21.4. The van der Waals surface area contributed by atoms with E-state index in [9.17, 15) is 24.0 Å². The van der Waals surface area contributed by atoms with E-state index < -0.39 is 11.9 Å². The number of hydrogen-bond donors (Lipinski definition) is 2. The molecule has 10 nitrogen and oxygen atoms in total. The van der Waals surface area contributed by atoms with Crippen LogP contribution < -0.4 is 36.6 Å². The lowest BCUT2D eigenvalue weighted by atomic mass is 9.87. The molecular formula is C105H88N3O7S6+5. The summed E-state index contributed by atoms with van der Waals surface area (Å²) in [5.41, 5.74) is 13.0. The summed E-state index contributed by atoms with van der Waals surface area (Å²) in [5, 5.41) is 14.1. The van der Waals surface area contributed by atoms with Gasteiger partial charge >= 0.3 is 5.97 Å². The number of carbonyl (C=O) groups excluding carboxylic acids is 1. The Morgan fingerprint density at radius 1 is 0.364 bits per heavy atom. The highest BCUT2D eigenvalue weighted by atomic mass is 32.2. The summed E-state index contributed by atoms with van der Waals surface area (Å²) in [5.74, 6) is -0.412. The minimum Gasteiger partial charge on any atom is -0.494 e. The van der Waals surface area contributed by atoms with Crippen LogP contribution in [0.2, 0.25) is 0 Å². The summed E-state index contributed by atoms with van der Waals surface area (Å²) in [6, 6.07) is 123. The van der Waals surface area contributed by atoms with Crippen LogP contribution >= 0.6 is 43.2 Å². The molecule has 1 amide bonds. The van der Waals surface area contributed by atoms with Gasteiger partial charge < -0.3 is 25.4 Å². The Bertz CT molecular complexity index is 6830. The highest BCUT2D eigenvalue weighted by Crippen LogP contribution is 2.51. The fourth-order valence-corrected chi connectivity index (χ4v) is 27.7. The van der Waals surface area contributed by atoms with Gasteiger partial charge in [-0.25, -0.2) is 4.79 Å². The number of carboxylic acids is 1. The zero-order chi connectivity index (χ0) is 84.0. The van der Waals surface area contributed by atoms with Crippen molar-refractivity contribution in [2.24, 2.45) is 5.73 Å². The van der Waals surface area contributed by atoms with Crippen LogP contribution in [-0.2, 0) is 27.2 Å². The number of carbonyl (C=O) groups is 2. The summed E-state index contributed by atoms with van der Waals surface area (Å²) < 4.78 is 12.3. The van der Waals surface area contributed by atoms with Crippen molar-refractivity contribution in [3.63, 3.8) is 0 Å². The fourth-order valence-electron chi connectivity index (χ4n) is 15.5. The van der Waals surface area contributed by atoms with Crippen LogP contribution in [0, 0.1) is 0 Å². The average molecular weight is 1700 g/mol. The Labute approximate surface area is 721 Å². The molecule has 596 valence electrons. The van der Waals surface area contributed by atoms with Gasteiger partial charge in [0.1, 0.15) is 27.5 Å². The van der Waals surface area contributed by atoms with Crippen LogP contribution in [0.5, 0.6) is 5.75 Å². The second-order valence-electron chi connectivity index (χ2n) is 29.7. The van der Waals surface area contributed by atoms with Gasteiger partial charge in [0.15, 0.2) is 72.3 Å². The van der Waals surface area contributed by atoms with Crippen LogP contribution in [0.3, 0.4) is 0 Å². The number of rotatable bonds is 11. The molecule has 0 aliphatic carbocycles. The number of carboxylic acid groups (broad SMARTS) is 1. The first-order valence-corrected chi connectivity index (χ1v) is 47.3. The van der Waals surface area contributed by atoms with Crippen molar-refractivity contribution in [3.05, 3.63) is 411 Å². The molecule has 18 aromatic rings. The predicted molar refractivity (Wildman–Crippen MR) is 515 cm³/mol. The number of benzene rings is 15. The Morgan fingerprint density at radius 2 is 0.645 bits per heavy atom. The van der Waals surface area contributed by atoms with E-state index >= 15 is 0 Å². The third-order valence-corrected chi connectivity index (χ3v) is 33.8. The number of primary amides is 1. The lowest BCUT2D eigenvalue weighted by Gasteiger charge is -2.30. The molecule has 3 aromatic heterocycles. The molecule has 0 bridgehead atoms. The number of hydrogen-bond acceptors (Lipinski definition) is 9. The Kier molecular flexibility index (Phi) is 24.5. The molecule has 0 atom stereocenters. The SMILES string of the molecule is CC(C)(C)c1ccc(-[s+]2c3ccccc3c(=O)c3ccccc32)cc1.CCN1c2ccccc2[S+](c2ccc(C(N)=O)cc2)c2ccccc21.CCOc1ccc(-[s+]2c3ccccc3c(=O)c3ccccc32)cc1.CN1c2ccccc2[S+](c2ccc(C(=O)O)cc2)c2ccccc21.CSc1ccc(-[s+]2c3ccccc3c(=O)c3ccccc32)cc1. The van der Waals surface area contributed by atoms with Gasteiger partial charge in [0.25, 0.3) is 0 Å². The summed E-state index contributed by atoms with van der Waals surface area (Å²) in [6.07, 6.45) is 2.08. The summed E-state index contributed by atoms with van der Waals surface area (Å²) in [7, 11) is 0.938. The molecule has 3 N–H and O–H groups in total. The molecule has 20 rings (SSSR count). The van der Waals surface area contributed by atoms with Gasteiger partial charge in [-0.1, -0.05) is 154 Å². The molecule has 2 aliphatic rings. The van der Waals surface area contributed by atoms with E-state index in [2.05, 4.69) is 245 Å². The first-order chi connectivity index (χ1) is 58.9. The van der Waals surface area contributed by atoms with E-state index in [1.807, 2.05) is 165 Å². The van der Waals surface area contributed by atoms with Gasteiger partial charge in [-0.3, -0.25) is 19.2 Å². The van der Waals surface area contributed by atoms with Gasteiger partial charge in [0.2, 0.25) is 22.2 Å². The molecule has 16 heteroatoms. The van der Waals surface area contributed by atoms with E-state index in [0.717, 1.165) is 77.7 Å². The number of para-hydroxylation sites is 4. The van der Waals surface area contributed by atoms with Gasteiger partial charge in [-0.2, -0.15) is 0 Å². The lowest BCUT2D eigenvalue weighted by Crippen LogP contribution is -2.26.